The zero-order chi connectivity index (χ0) is 31.8. The first kappa shape index (κ1) is 33.7. The Morgan fingerprint density at radius 1 is 1.00 bits per heavy atom. The first-order valence-electron chi connectivity index (χ1n) is 16.9. The highest BCUT2D eigenvalue weighted by Crippen LogP contribution is 2.32. The number of nitrogens with zero attached hydrogens (tertiary/aromatic N) is 4. The van der Waals surface area contributed by atoms with Gasteiger partial charge in [-0.25, -0.2) is 9.48 Å². The third kappa shape index (κ3) is 10.2. The molecule has 3 fully saturated rings. The molecule has 5 rings (SSSR count). The van der Waals surface area contributed by atoms with Gasteiger partial charge in [-0.2, -0.15) is 5.10 Å². The lowest BCUT2D eigenvalue weighted by Gasteiger charge is -2.35. The van der Waals surface area contributed by atoms with E-state index in [0.29, 0.717) is 25.7 Å². The van der Waals surface area contributed by atoms with Crippen LogP contribution in [0.1, 0.15) is 83.9 Å². The fourth-order valence-corrected chi connectivity index (χ4v) is 6.06. The van der Waals surface area contributed by atoms with E-state index in [1.807, 2.05) is 37.6 Å². The highest BCUT2D eigenvalue weighted by Gasteiger charge is 2.32. The lowest BCUT2D eigenvalue weighted by atomic mass is 9.91. The molecule has 250 valence electrons. The van der Waals surface area contributed by atoms with Crippen LogP contribution in [0.3, 0.4) is 0 Å². The summed E-state index contributed by atoms with van der Waals surface area (Å²) in [7, 11) is 3.85. The Morgan fingerprint density at radius 2 is 1.76 bits per heavy atom. The van der Waals surface area contributed by atoms with Gasteiger partial charge in [0.05, 0.1) is 11.8 Å². The van der Waals surface area contributed by atoms with E-state index in [1.54, 1.807) is 11.9 Å². The van der Waals surface area contributed by atoms with Crippen LogP contribution < -0.4 is 4.74 Å². The van der Waals surface area contributed by atoms with Crippen LogP contribution in [0.15, 0.2) is 30.5 Å². The second kappa shape index (κ2) is 15.8. The van der Waals surface area contributed by atoms with Crippen molar-refractivity contribution in [2.45, 2.75) is 103 Å². The molecule has 10 heteroatoms. The fraction of sp³-hybridized carbons (Fsp3) is 0.714. The minimum Gasteiger partial charge on any atom is -0.490 e. The van der Waals surface area contributed by atoms with E-state index >= 15 is 0 Å². The normalized spacial score (nSPS) is 22.7. The molecular formula is C35H54N4O6. The van der Waals surface area contributed by atoms with Crippen molar-refractivity contribution in [3.05, 3.63) is 36.0 Å². The molecule has 10 nitrogen and oxygen atoms in total. The molecule has 0 spiro atoms. The summed E-state index contributed by atoms with van der Waals surface area (Å²) in [6.45, 7) is 11.0. The number of hydrogen-bond acceptors (Lipinski definition) is 8. The SMILES string of the molecule is CN(CCN(C)C(=O)OC(C)(C)C)Cc1cn(C2CCCCO2)nc1-c1ccc(OC2CC(OCCC3CCOCC3)C2)cc1. The van der Waals surface area contributed by atoms with Gasteiger partial charge in [0, 0.05) is 83.3 Å². The number of carbonyl (C=O) groups is 1. The Kier molecular flexibility index (Phi) is 11.8. The number of aromatic nitrogens is 2. The summed E-state index contributed by atoms with van der Waals surface area (Å²) >= 11 is 0. The fourth-order valence-electron chi connectivity index (χ4n) is 6.06. The summed E-state index contributed by atoms with van der Waals surface area (Å²) in [5, 5.41) is 5.03. The minimum atomic E-state index is -0.512. The molecular weight excluding hydrogens is 572 g/mol. The van der Waals surface area contributed by atoms with Crippen LogP contribution in [0.2, 0.25) is 0 Å². The predicted molar refractivity (Wildman–Crippen MR) is 173 cm³/mol. The second-order valence-corrected chi connectivity index (χ2v) is 14.0. The van der Waals surface area contributed by atoms with Gasteiger partial charge in [-0.15, -0.1) is 0 Å². The lowest BCUT2D eigenvalue weighted by molar-refractivity contribution is -0.0665. The van der Waals surface area contributed by atoms with Gasteiger partial charge < -0.3 is 33.5 Å². The Balaban J connectivity index is 1.14. The molecule has 2 aliphatic heterocycles. The van der Waals surface area contributed by atoms with Crippen molar-refractivity contribution in [1.82, 2.24) is 19.6 Å². The van der Waals surface area contributed by atoms with Crippen LogP contribution in [0.25, 0.3) is 11.3 Å². The predicted octanol–water partition coefficient (Wildman–Crippen LogP) is 6.29. The van der Waals surface area contributed by atoms with E-state index < -0.39 is 5.60 Å². The Hall–Kier alpha value is -2.66. The highest BCUT2D eigenvalue weighted by atomic mass is 16.6. The molecule has 3 heterocycles. The van der Waals surface area contributed by atoms with Gasteiger partial charge in [-0.3, -0.25) is 0 Å². The highest BCUT2D eigenvalue weighted by molar-refractivity contribution is 5.67. The molecule has 0 bridgehead atoms. The summed E-state index contributed by atoms with van der Waals surface area (Å²) in [5.41, 5.74) is 2.61. The van der Waals surface area contributed by atoms with Crippen molar-refractivity contribution in [3.8, 4) is 17.0 Å². The second-order valence-electron chi connectivity index (χ2n) is 14.0. The number of amides is 1. The largest absolute Gasteiger partial charge is 0.490 e. The zero-order valence-electron chi connectivity index (χ0n) is 28.0. The molecule has 0 N–H and O–H groups in total. The van der Waals surface area contributed by atoms with Gasteiger partial charge in [-0.05, 0) is 96.5 Å². The van der Waals surface area contributed by atoms with E-state index in [0.717, 1.165) is 106 Å². The van der Waals surface area contributed by atoms with Crippen molar-refractivity contribution >= 4 is 6.09 Å². The first-order chi connectivity index (χ1) is 21.6. The smallest absolute Gasteiger partial charge is 0.410 e. The molecule has 1 unspecified atom stereocenters. The van der Waals surface area contributed by atoms with Crippen molar-refractivity contribution in [2.24, 2.45) is 5.92 Å². The standard InChI is InChI=1S/C35H54N4O6/c1-35(2,3)45-34(40)38(5)17-16-37(4)24-28-25-39(32-8-6-7-18-43-32)36-33(28)27-9-11-29(12-10-27)44-31-22-30(23-31)42-21-15-26-13-19-41-20-14-26/h9-12,25-26,30-32H,6-8,13-24H2,1-5H3. The number of rotatable bonds is 13. The molecule has 2 aromatic rings. The maximum absolute atomic E-state index is 12.4. The molecule has 1 atom stereocenters. The molecule has 1 aromatic carbocycles. The Bertz CT molecular complexity index is 1190. The average molecular weight is 627 g/mol. The van der Waals surface area contributed by atoms with Gasteiger partial charge in [0.25, 0.3) is 0 Å². The van der Waals surface area contributed by atoms with Crippen LogP contribution in [-0.2, 0) is 25.5 Å². The third-order valence-corrected chi connectivity index (χ3v) is 8.92. The van der Waals surface area contributed by atoms with E-state index in [4.69, 9.17) is 28.8 Å². The van der Waals surface area contributed by atoms with Crippen LogP contribution in [0, 0.1) is 5.92 Å². The van der Waals surface area contributed by atoms with E-state index in [1.165, 1.54) is 0 Å². The van der Waals surface area contributed by atoms with Crippen molar-refractivity contribution < 1.29 is 28.5 Å². The van der Waals surface area contributed by atoms with Crippen LogP contribution in [0.5, 0.6) is 5.75 Å². The summed E-state index contributed by atoms with van der Waals surface area (Å²) < 4.78 is 31.4. The lowest BCUT2D eigenvalue weighted by Crippen LogP contribution is -2.39. The number of benzene rings is 1. The molecule has 1 aromatic heterocycles. The van der Waals surface area contributed by atoms with Crippen LogP contribution in [0.4, 0.5) is 4.79 Å². The summed E-state index contributed by atoms with van der Waals surface area (Å²) in [5.74, 6) is 1.63. The van der Waals surface area contributed by atoms with Crippen molar-refractivity contribution in [3.63, 3.8) is 0 Å². The Morgan fingerprint density at radius 3 is 2.44 bits per heavy atom. The van der Waals surface area contributed by atoms with Gasteiger partial charge in [0.1, 0.15) is 23.7 Å². The molecule has 3 aliphatic rings. The van der Waals surface area contributed by atoms with Crippen LogP contribution in [-0.4, -0.2) is 97.1 Å². The minimum absolute atomic E-state index is 0.0390. The summed E-state index contributed by atoms with van der Waals surface area (Å²) in [6, 6.07) is 8.30. The number of ether oxygens (including phenoxy) is 5. The maximum atomic E-state index is 12.4. The molecule has 0 radical (unpaired) electrons. The van der Waals surface area contributed by atoms with Gasteiger partial charge in [0.15, 0.2) is 0 Å². The maximum Gasteiger partial charge on any atom is 0.410 e. The molecule has 2 saturated heterocycles. The van der Waals surface area contributed by atoms with Crippen molar-refractivity contribution in [1.29, 1.82) is 0 Å². The molecule has 1 aliphatic carbocycles. The molecule has 1 saturated carbocycles. The summed E-state index contributed by atoms with van der Waals surface area (Å²) in [6.07, 6.45) is 10.8. The van der Waals surface area contributed by atoms with E-state index in [2.05, 4.69) is 30.3 Å². The first-order valence-corrected chi connectivity index (χ1v) is 16.9. The van der Waals surface area contributed by atoms with Gasteiger partial charge >= 0.3 is 6.09 Å². The quantitative estimate of drug-likeness (QED) is 0.256. The zero-order valence-corrected chi connectivity index (χ0v) is 28.0. The monoisotopic (exact) mass is 626 g/mol. The third-order valence-electron chi connectivity index (χ3n) is 8.92. The summed E-state index contributed by atoms with van der Waals surface area (Å²) in [4.78, 5) is 16.3. The van der Waals surface area contributed by atoms with E-state index in [-0.39, 0.29) is 18.4 Å². The topological polar surface area (TPSA) is 87.5 Å². The van der Waals surface area contributed by atoms with Gasteiger partial charge in [-0.1, -0.05) is 0 Å². The molecule has 45 heavy (non-hydrogen) atoms. The number of likely N-dealkylation sites (N-methyl/N-ethyl adjacent to an activating group) is 2. The van der Waals surface area contributed by atoms with Crippen molar-refractivity contribution in [2.75, 3.05) is 53.6 Å². The van der Waals surface area contributed by atoms with E-state index in [9.17, 15) is 4.79 Å². The van der Waals surface area contributed by atoms with Gasteiger partial charge in [0.2, 0.25) is 0 Å². The number of hydrogen-bond donors (Lipinski definition) is 0. The molecule has 1 amide bonds. The van der Waals surface area contributed by atoms with Crippen LogP contribution >= 0.6 is 0 Å². The average Bonchev–Trinajstić information content (AvgIpc) is 3.42. The number of carbonyl (C=O) groups excluding carboxylic acids is 1. The Labute approximate surface area is 269 Å².